The first-order valence-corrected chi connectivity index (χ1v) is 10.9. The van der Waals surface area contributed by atoms with Crippen molar-refractivity contribution in [2.24, 2.45) is 7.05 Å². The lowest BCUT2D eigenvalue weighted by molar-refractivity contribution is -0.121. The molecule has 2 aromatic carbocycles. The van der Waals surface area contributed by atoms with Gasteiger partial charge in [0.05, 0.1) is 17.7 Å². The monoisotopic (exact) mass is 464 g/mol. The number of halogens is 1. The SMILES string of the molecule is Cc1noc(C)c1COc1ccc(CC(=O)N[C@H](c2ccc(Cl)cc2)c2nccn2C)cc1. The maximum absolute atomic E-state index is 12.9. The molecule has 2 heterocycles. The molecule has 1 amide bonds. The number of hydrogen-bond acceptors (Lipinski definition) is 5. The molecule has 4 aromatic rings. The van der Waals surface area contributed by atoms with Crippen molar-refractivity contribution < 1.29 is 14.1 Å². The Morgan fingerprint density at radius 2 is 1.88 bits per heavy atom. The van der Waals surface area contributed by atoms with E-state index in [9.17, 15) is 4.79 Å². The van der Waals surface area contributed by atoms with Crippen LogP contribution >= 0.6 is 11.6 Å². The van der Waals surface area contributed by atoms with E-state index in [1.165, 1.54) is 0 Å². The number of amides is 1. The minimum atomic E-state index is -0.382. The lowest BCUT2D eigenvalue weighted by atomic mass is 10.1. The maximum Gasteiger partial charge on any atom is 0.225 e. The van der Waals surface area contributed by atoms with E-state index in [2.05, 4.69) is 15.5 Å². The van der Waals surface area contributed by atoms with Crippen molar-refractivity contribution in [3.63, 3.8) is 0 Å². The van der Waals surface area contributed by atoms with Crippen molar-refractivity contribution in [3.05, 3.63) is 99.9 Å². The Balaban J connectivity index is 1.41. The Morgan fingerprint density at radius 3 is 2.48 bits per heavy atom. The van der Waals surface area contributed by atoms with E-state index in [0.29, 0.717) is 17.4 Å². The van der Waals surface area contributed by atoms with Crippen LogP contribution in [-0.4, -0.2) is 20.6 Å². The molecule has 2 aromatic heterocycles. The van der Waals surface area contributed by atoms with Gasteiger partial charge in [0.2, 0.25) is 5.91 Å². The van der Waals surface area contributed by atoms with Crippen molar-refractivity contribution in [1.29, 1.82) is 0 Å². The lowest BCUT2D eigenvalue weighted by Gasteiger charge is -2.19. The van der Waals surface area contributed by atoms with Crippen molar-refractivity contribution >= 4 is 17.5 Å². The Hall–Kier alpha value is -3.58. The Morgan fingerprint density at radius 1 is 1.15 bits per heavy atom. The van der Waals surface area contributed by atoms with Gasteiger partial charge in [-0.3, -0.25) is 4.79 Å². The summed E-state index contributed by atoms with van der Waals surface area (Å²) < 4.78 is 12.9. The standard InChI is InChI=1S/C25H25ClN4O3/c1-16-22(17(2)33-29-16)15-32-21-10-4-18(5-11-21)14-23(31)28-24(25-27-12-13-30(25)3)19-6-8-20(26)9-7-19/h4-13,24H,14-15H2,1-3H3,(H,28,31)/t24-/m1/s1. The molecular weight excluding hydrogens is 440 g/mol. The van der Waals surface area contributed by atoms with Crippen LogP contribution in [0, 0.1) is 13.8 Å². The van der Waals surface area contributed by atoms with Gasteiger partial charge in [-0.1, -0.05) is 41.0 Å². The van der Waals surface area contributed by atoms with Gasteiger partial charge in [-0.2, -0.15) is 0 Å². The summed E-state index contributed by atoms with van der Waals surface area (Å²) in [5, 5.41) is 7.68. The van der Waals surface area contributed by atoms with E-state index in [1.807, 2.05) is 68.1 Å². The number of hydrogen-bond donors (Lipinski definition) is 1. The summed E-state index contributed by atoms with van der Waals surface area (Å²) in [6, 6.07) is 14.5. The summed E-state index contributed by atoms with van der Waals surface area (Å²) >= 11 is 6.04. The molecule has 0 aliphatic carbocycles. The molecular formula is C25H25ClN4O3. The summed E-state index contributed by atoms with van der Waals surface area (Å²) in [6.07, 6.45) is 3.80. The van der Waals surface area contributed by atoms with Gasteiger partial charge in [0.15, 0.2) is 0 Å². The first kappa shape index (κ1) is 22.6. The van der Waals surface area contributed by atoms with E-state index >= 15 is 0 Å². The van der Waals surface area contributed by atoms with Crippen LogP contribution in [0.1, 0.15) is 40.0 Å². The van der Waals surface area contributed by atoms with E-state index in [0.717, 1.165) is 34.0 Å². The molecule has 0 saturated heterocycles. The molecule has 0 fully saturated rings. The van der Waals surface area contributed by atoms with Gasteiger partial charge in [0, 0.05) is 24.5 Å². The van der Waals surface area contributed by atoms with Crippen molar-refractivity contribution in [3.8, 4) is 5.75 Å². The average molecular weight is 465 g/mol. The number of carbonyl (C=O) groups is 1. The van der Waals surface area contributed by atoms with Crippen molar-refractivity contribution in [1.82, 2.24) is 20.0 Å². The van der Waals surface area contributed by atoms with E-state index < -0.39 is 0 Å². The maximum atomic E-state index is 12.9. The van der Waals surface area contributed by atoms with Crippen LogP contribution in [-0.2, 0) is 24.9 Å². The zero-order valence-electron chi connectivity index (χ0n) is 18.7. The van der Waals surface area contributed by atoms with Crippen LogP contribution < -0.4 is 10.1 Å². The first-order chi connectivity index (χ1) is 15.9. The molecule has 0 bridgehead atoms. The molecule has 0 spiro atoms. The highest BCUT2D eigenvalue weighted by molar-refractivity contribution is 6.30. The molecule has 33 heavy (non-hydrogen) atoms. The van der Waals surface area contributed by atoms with Gasteiger partial charge in [0.1, 0.15) is 30.0 Å². The fourth-order valence-electron chi connectivity index (χ4n) is 3.57. The molecule has 7 nitrogen and oxygen atoms in total. The van der Waals surface area contributed by atoms with Crippen LogP contribution in [0.25, 0.3) is 0 Å². The second-order valence-electron chi connectivity index (χ2n) is 7.86. The number of carbonyl (C=O) groups excluding carboxylic acids is 1. The zero-order valence-corrected chi connectivity index (χ0v) is 19.5. The number of aryl methyl sites for hydroxylation is 3. The Labute approximate surface area is 197 Å². The number of imidazole rings is 1. The third-order valence-electron chi connectivity index (χ3n) is 5.48. The number of ether oxygens (including phenoxy) is 1. The van der Waals surface area contributed by atoms with E-state index in [1.54, 1.807) is 18.3 Å². The fraction of sp³-hybridized carbons (Fsp3) is 0.240. The highest BCUT2D eigenvalue weighted by atomic mass is 35.5. The molecule has 0 aliphatic rings. The molecule has 0 radical (unpaired) electrons. The molecule has 0 saturated carbocycles. The molecule has 4 rings (SSSR count). The van der Waals surface area contributed by atoms with Crippen LogP contribution in [0.2, 0.25) is 5.02 Å². The molecule has 0 unspecified atom stereocenters. The first-order valence-electron chi connectivity index (χ1n) is 10.6. The molecule has 1 N–H and O–H groups in total. The van der Waals surface area contributed by atoms with Crippen LogP contribution in [0.4, 0.5) is 0 Å². The topological polar surface area (TPSA) is 82.2 Å². The lowest BCUT2D eigenvalue weighted by Crippen LogP contribution is -2.32. The van der Waals surface area contributed by atoms with Gasteiger partial charge in [-0.05, 0) is 49.2 Å². The summed E-state index contributed by atoms with van der Waals surface area (Å²) in [5.41, 5.74) is 3.56. The fourth-order valence-corrected chi connectivity index (χ4v) is 3.70. The quantitative estimate of drug-likeness (QED) is 0.408. The average Bonchev–Trinajstić information content (AvgIpc) is 3.37. The third kappa shape index (κ3) is 5.43. The van der Waals surface area contributed by atoms with Gasteiger partial charge in [-0.25, -0.2) is 4.98 Å². The molecule has 170 valence electrons. The number of rotatable bonds is 8. The zero-order chi connectivity index (χ0) is 23.4. The van der Waals surface area contributed by atoms with Gasteiger partial charge < -0.3 is 19.1 Å². The van der Waals surface area contributed by atoms with Crippen LogP contribution in [0.5, 0.6) is 5.75 Å². The number of benzene rings is 2. The third-order valence-corrected chi connectivity index (χ3v) is 5.73. The normalized spacial score (nSPS) is 11.9. The summed E-state index contributed by atoms with van der Waals surface area (Å²) in [4.78, 5) is 17.3. The Bertz CT molecular complexity index is 1210. The highest BCUT2D eigenvalue weighted by Crippen LogP contribution is 2.23. The summed E-state index contributed by atoms with van der Waals surface area (Å²) in [5.74, 6) is 2.10. The van der Waals surface area contributed by atoms with Gasteiger partial charge >= 0.3 is 0 Å². The minimum absolute atomic E-state index is 0.109. The summed E-state index contributed by atoms with van der Waals surface area (Å²) in [7, 11) is 1.90. The largest absolute Gasteiger partial charge is 0.489 e. The Kier molecular flexibility index (Phi) is 6.79. The smallest absolute Gasteiger partial charge is 0.225 e. The number of nitrogens with one attached hydrogen (secondary N) is 1. The second kappa shape index (κ2) is 9.92. The van der Waals surface area contributed by atoms with Gasteiger partial charge in [0.25, 0.3) is 0 Å². The second-order valence-corrected chi connectivity index (χ2v) is 8.30. The summed E-state index contributed by atoms with van der Waals surface area (Å²) in [6.45, 7) is 4.13. The molecule has 8 heteroatoms. The van der Waals surface area contributed by atoms with Crippen LogP contribution in [0.15, 0.2) is 65.4 Å². The van der Waals surface area contributed by atoms with E-state index in [4.69, 9.17) is 20.9 Å². The van der Waals surface area contributed by atoms with Crippen molar-refractivity contribution in [2.75, 3.05) is 0 Å². The predicted octanol–water partition coefficient (Wildman–Crippen LogP) is 4.71. The molecule has 0 aliphatic heterocycles. The van der Waals surface area contributed by atoms with Gasteiger partial charge in [-0.15, -0.1) is 0 Å². The number of nitrogens with zero attached hydrogens (tertiary/aromatic N) is 3. The minimum Gasteiger partial charge on any atom is -0.489 e. The number of aromatic nitrogens is 3. The highest BCUT2D eigenvalue weighted by Gasteiger charge is 2.21. The van der Waals surface area contributed by atoms with Crippen LogP contribution in [0.3, 0.4) is 0 Å². The predicted molar refractivity (Wildman–Crippen MR) is 125 cm³/mol. The van der Waals surface area contributed by atoms with E-state index in [-0.39, 0.29) is 18.4 Å². The molecule has 1 atom stereocenters. The van der Waals surface area contributed by atoms with Crippen molar-refractivity contribution in [2.45, 2.75) is 32.9 Å².